The summed E-state index contributed by atoms with van der Waals surface area (Å²) in [6.07, 6.45) is 0. The minimum atomic E-state index is -4.02. The predicted molar refractivity (Wildman–Crippen MR) is 93.6 cm³/mol. The second kappa shape index (κ2) is 6.16. The molecule has 0 atom stereocenters. The van der Waals surface area contributed by atoms with Crippen molar-refractivity contribution in [3.8, 4) is 0 Å². The molecule has 24 heavy (non-hydrogen) atoms. The Bertz CT molecular complexity index is 1020. The minimum Gasteiger partial charge on any atom is -0.377 e. The molecule has 0 fully saturated rings. The van der Waals surface area contributed by atoms with Gasteiger partial charge in [-0.05, 0) is 17.3 Å². The SMILES string of the molecule is CN(C)c1cccc2c(S(=O)(=O)c3c(Cl)nnnc3Cl)cccc12. The molecule has 0 radical (unpaired) electrons. The van der Waals surface area contributed by atoms with Gasteiger partial charge in [-0.15, -0.1) is 10.2 Å². The summed E-state index contributed by atoms with van der Waals surface area (Å²) in [5, 5.41) is 11.0. The highest BCUT2D eigenvalue weighted by atomic mass is 35.5. The monoisotopic (exact) mass is 382 g/mol. The molecule has 0 unspecified atom stereocenters. The van der Waals surface area contributed by atoms with Crippen molar-refractivity contribution in [2.45, 2.75) is 9.79 Å². The van der Waals surface area contributed by atoms with Crippen LogP contribution in [0.1, 0.15) is 0 Å². The van der Waals surface area contributed by atoms with Gasteiger partial charge in [0, 0.05) is 30.6 Å². The van der Waals surface area contributed by atoms with E-state index in [2.05, 4.69) is 15.4 Å². The molecule has 0 N–H and O–H groups in total. The lowest BCUT2D eigenvalue weighted by molar-refractivity contribution is 0.595. The highest BCUT2D eigenvalue weighted by Gasteiger charge is 2.28. The largest absolute Gasteiger partial charge is 0.377 e. The number of aromatic nitrogens is 3. The zero-order valence-corrected chi connectivity index (χ0v) is 15.1. The second-order valence-electron chi connectivity index (χ2n) is 5.23. The van der Waals surface area contributed by atoms with Crippen LogP contribution in [-0.2, 0) is 9.84 Å². The summed E-state index contributed by atoms with van der Waals surface area (Å²) < 4.78 is 26.2. The first kappa shape index (κ1) is 16.9. The number of hydrogen-bond donors (Lipinski definition) is 0. The van der Waals surface area contributed by atoms with Crippen molar-refractivity contribution in [1.82, 2.24) is 15.4 Å². The quantitative estimate of drug-likeness (QED) is 0.691. The van der Waals surface area contributed by atoms with Gasteiger partial charge in [0.25, 0.3) is 0 Å². The van der Waals surface area contributed by atoms with E-state index >= 15 is 0 Å². The first-order chi connectivity index (χ1) is 11.3. The van der Waals surface area contributed by atoms with E-state index in [0.717, 1.165) is 11.1 Å². The number of fused-ring (bicyclic) bond motifs is 1. The molecule has 3 rings (SSSR count). The average Bonchev–Trinajstić information content (AvgIpc) is 2.53. The standard InChI is InChI=1S/C15H12Cl2N4O2S/c1-21(2)11-7-3-6-10-9(11)5-4-8-12(10)24(22,23)13-14(16)18-20-19-15(13)17/h3-8H,1-2H3. The molecule has 0 bridgehead atoms. The number of hydrogen-bond acceptors (Lipinski definition) is 6. The normalized spacial score (nSPS) is 11.7. The van der Waals surface area contributed by atoms with E-state index in [0.29, 0.717) is 5.39 Å². The van der Waals surface area contributed by atoms with E-state index in [1.54, 1.807) is 18.2 Å². The van der Waals surface area contributed by atoms with E-state index in [-0.39, 0.29) is 20.1 Å². The first-order valence-corrected chi connectivity index (χ1v) is 9.06. The summed E-state index contributed by atoms with van der Waals surface area (Å²) in [5.41, 5.74) is 0.896. The Morgan fingerprint density at radius 1 is 0.917 bits per heavy atom. The molecule has 1 heterocycles. The second-order valence-corrected chi connectivity index (χ2v) is 7.80. The van der Waals surface area contributed by atoms with Crippen LogP contribution in [0.5, 0.6) is 0 Å². The fourth-order valence-electron chi connectivity index (χ4n) is 2.50. The van der Waals surface area contributed by atoms with Crippen LogP contribution in [0.25, 0.3) is 10.8 Å². The molecule has 0 saturated carbocycles. The molecule has 6 nitrogen and oxygen atoms in total. The fraction of sp³-hybridized carbons (Fsp3) is 0.133. The molecule has 0 amide bonds. The van der Waals surface area contributed by atoms with E-state index in [9.17, 15) is 8.42 Å². The summed E-state index contributed by atoms with van der Waals surface area (Å²) >= 11 is 11.8. The molecule has 0 aliphatic rings. The maximum Gasteiger partial charge on any atom is 0.213 e. The lowest BCUT2D eigenvalue weighted by atomic mass is 10.1. The lowest BCUT2D eigenvalue weighted by Gasteiger charge is -2.17. The van der Waals surface area contributed by atoms with Gasteiger partial charge < -0.3 is 4.90 Å². The zero-order chi connectivity index (χ0) is 17.5. The molecular weight excluding hydrogens is 371 g/mol. The van der Waals surface area contributed by atoms with E-state index in [1.807, 2.05) is 31.1 Å². The van der Waals surface area contributed by atoms with Crippen LogP contribution >= 0.6 is 23.2 Å². The van der Waals surface area contributed by atoms with Crippen LogP contribution in [0.3, 0.4) is 0 Å². The highest BCUT2D eigenvalue weighted by molar-refractivity contribution is 7.92. The van der Waals surface area contributed by atoms with Crippen molar-refractivity contribution in [2.24, 2.45) is 0 Å². The molecule has 1 aromatic heterocycles. The third-order valence-corrected chi connectivity index (χ3v) is 6.15. The third kappa shape index (κ3) is 2.68. The maximum atomic E-state index is 13.1. The van der Waals surface area contributed by atoms with Gasteiger partial charge >= 0.3 is 0 Å². The Morgan fingerprint density at radius 2 is 1.50 bits per heavy atom. The van der Waals surface area contributed by atoms with E-state index in [1.165, 1.54) is 6.07 Å². The van der Waals surface area contributed by atoms with Crippen molar-refractivity contribution >= 4 is 49.5 Å². The third-order valence-electron chi connectivity index (χ3n) is 3.54. The predicted octanol–water partition coefficient (Wildman–Crippen LogP) is 3.23. The number of anilines is 1. The van der Waals surface area contributed by atoms with Gasteiger partial charge in [0.1, 0.15) is 0 Å². The van der Waals surface area contributed by atoms with Crippen molar-refractivity contribution in [2.75, 3.05) is 19.0 Å². The average molecular weight is 383 g/mol. The maximum absolute atomic E-state index is 13.1. The number of halogens is 2. The Kier molecular flexibility index (Phi) is 4.33. The van der Waals surface area contributed by atoms with Gasteiger partial charge in [-0.25, -0.2) is 8.42 Å². The molecule has 2 aromatic carbocycles. The molecule has 0 aliphatic carbocycles. The number of sulfone groups is 1. The van der Waals surface area contributed by atoms with Crippen LogP contribution in [0.4, 0.5) is 5.69 Å². The van der Waals surface area contributed by atoms with Crippen LogP contribution in [0.15, 0.2) is 46.2 Å². The van der Waals surface area contributed by atoms with E-state index < -0.39 is 9.84 Å². The summed E-state index contributed by atoms with van der Waals surface area (Å²) in [5.74, 6) is 0. The Hall–Kier alpha value is -1.96. The fourth-order valence-corrected chi connectivity index (χ4v) is 4.87. The summed E-state index contributed by atoms with van der Waals surface area (Å²) in [6.45, 7) is 0. The number of nitrogens with zero attached hydrogens (tertiary/aromatic N) is 4. The van der Waals surface area contributed by atoms with Gasteiger partial charge in [-0.1, -0.05) is 47.5 Å². The molecule has 9 heteroatoms. The van der Waals surface area contributed by atoms with Gasteiger partial charge in [0.2, 0.25) is 9.84 Å². The van der Waals surface area contributed by atoms with Gasteiger partial charge in [0.05, 0.1) is 4.90 Å². The van der Waals surface area contributed by atoms with Crippen molar-refractivity contribution in [1.29, 1.82) is 0 Å². The molecular formula is C15H12Cl2N4O2S. The topological polar surface area (TPSA) is 76.1 Å². The number of benzene rings is 2. The molecule has 124 valence electrons. The summed E-state index contributed by atoms with van der Waals surface area (Å²) in [6, 6.07) is 10.5. The van der Waals surface area contributed by atoms with Crippen LogP contribution in [0, 0.1) is 0 Å². The zero-order valence-electron chi connectivity index (χ0n) is 12.7. The van der Waals surface area contributed by atoms with Gasteiger partial charge in [-0.3, -0.25) is 0 Å². The molecule has 0 spiro atoms. The molecule has 0 aliphatic heterocycles. The Labute approximate surface area is 148 Å². The lowest BCUT2D eigenvalue weighted by Crippen LogP contribution is -2.10. The van der Waals surface area contributed by atoms with Crippen molar-refractivity contribution < 1.29 is 8.42 Å². The first-order valence-electron chi connectivity index (χ1n) is 6.82. The van der Waals surface area contributed by atoms with Gasteiger partial charge in [0.15, 0.2) is 15.2 Å². The number of rotatable bonds is 3. The van der Waals surface area contributed by atoms with Crippen LogP contribution in [-0.4, -0.2) is 37.9 Å². The van der Waals surface area contributed by atoms with Crippen molar-refractivity contribution in [3.63, 3.8) is 0 Å². The minimum absolute atomic E-state index is 0.0855. The van der Waals surface area contributed by atoms with Crippen LogP contribution < -0.4 is 4.90 Å². The van der Waals surface area contributed by atoms with E-state index in [4.69, 9.17) is 23.2 Å². The van der Waals surface area contributed by atoms with Crippen molar-refractivity contribution in [3.05, 3.63) is 46.7 Å². The summed E-state index contributed by atoms with van der Waals surface area (Å²) in [7, 11) is -0.238. The Morgan fingerprint density at radius 3 is 2.12 bits per heavy atom. The molecule has 0 saturated heterocycles. The smallest absolute Gasteiger partial charge is 0.213 e. The molecule has 3 aromatic rings. The van der Waals surface area contributed by atoms with Crippen LogP contribution in [0.2, 0.25) is 10.3 Å². The van der Waals surface area contributed by atoms with Gasteiger partial charge in [-0.2, -0.15) is 0 Å². The summed E-state index contributed by atoms with van der Waals surface area (Å²) in [4.78, 5) is 1.65. The Balaban J connectivity index is 2.36. The highest BCUT2D eigenvalue weighted by Crippen LogP contribution is 2.36.